The molecule has 2 rings (SSSR count). The van der Waals surface area contributed by atoms with E-state index in [2.05, 4.69) is 61.6 Å². The Morgan fingerprint density at radius 2 is 1.53 bits per heavy atom. The fraction of sp³-hybridized carbons (Fsp3) is 0.143. The molecule has 0 aromatic heterocycles. The van der Waals surface area contributed by atoms with Crippen LogP contribution in [0.15, 0.2) is 54.6 Å². The first kappa shape index (κ1) is 10.2. The van der Waals surface area contributed by atoms with Crippen LogP contribution in [0.5, 0.6) is 0 Å². The van der Waals surface area contributed by atoms with E-state index < -0.39 is 8.07 Å². The molecule has 1 radical (unpaired) electrons. The summed E-state index contributed by atoms with van der Waals surface area (Å²) in [7, 11) is -1.51. The van der Waals surface area contributed by atoms with E-state index in [1.807, 2.05) is 12.1 Å². The predicted octanol–water partition coefficient (Wildman–Crippen LogP) is 2.31. The zero-order valence-electron chi connectivity index (χ0n) is 9.20. The third kappa shape index (κ3) is 2.02. The van der Waals surface area contributed by atoms with Crippen LogP contribution in [0.4, 0.5) is 0 Å². The molecule has 1 heteroatoms. The van der Waals surface area contributed by atoms with Gasteiger partial charge in [0.15, 0.2) is 0 Å². The molecule has 0 amide bonds. The minimum absolute atomic E-state index is 1.37. The van der Waals surface area contributed by atoms with Crippen molar-refractivity contribution < 1.29 is 0 Å². The average molecular weight is 211 g/mol. The van der Waals surface area contributed by atoms with Crippen LogP contribution in [0.25, 0.3) is 0 Å². The highest BCUT2D eigenvalue weighted by Crippen LogP contribution is 2.03. The van der Waals surface area contributed by atoms with Gasteiger partial charge in [0.25, 0.3) is 0 Å². The monoisotopic (exact) mass is 211 g/mol. The molecule has 0 saturated heterocycles. The fourth-order valence-electron chi connectivity index (χ4n) is 1.79. The molecule has 0 atom stereocenters. The second-order valence-corrected chi connectivity index (χ2v) is 8.63. The van der Waals surface area contributed by atoms with Gasteiger partial charge in [-0.2, -0.15) is 0 Å². The van der Waals surface area contributed by atoms with Crippen molar-refractivity contribution in [1.82, 2.24) is 0 Å². The third-order valence-corrected chi connectivity index (χ3v) is 6.31. The molecule has 0 nitrogen and oxygen atoms in total. The molecule has 2 aromatic carbocycles. The van der Waals surface area contributed by atoms with Gasteiger partial charge in [-0.1, -0.05) is 72.9 Å². The summed E-state index contributed by atoms with van der Waals surface area (Å²) < 4.78 is 0. The van der Waals surface area contributed by atoms with Crippen LogP contribution >= 0.6 is 0 Å². The Hall–Kier alpha value is -1.34. The van der Waals surface area contributed by atoms with Crippen molar-refractivity contribution in [1.29, 1.82) is 0 Å². The van der Waals surface area contributed by atoms with Crippen LogP contribution in [0.3, 0.4) is 0 Å². The van der Waals surface area contributed by atoms with E-state index in [1.165, 1.54) is 10.4 Å². The molecule has 0 saturated carbocycles. The number of benzene rings is 2. The van der Waals surface area contributed by atoms with Crippen molar-refractivity contribution in [2.24, 2.45) is 0 Å². The normalized spacial score (nSPS) is 11.3. The fourth-order valence-corrected chi connectivity index (χ4v) is 4.09. The van der Waals surface area contributed by atoms with Crippen LogP contribution < -0.4 is 10.4 Å². The summed E-state index contributed by atoms with van der Waals surface area (Å²) in [4.78, 5) is 0. The zero-order chi connectivity index (χ0) is 10.7. The van der Waals surface area contributed by atoms with Crippen molar-refractivity contribution >= 4 is 18.4 Å². The van der Waals surface area contributed by atoms with E-state index in [4.69, 9.17) is 0 Å². The third-order valence-electron chi connectivity index (χ3n) is 2.88. The van der Waals surface area contributed by atoms with Crippen LogP contribution in [0.1, 0.15) is 0 Å². The summed E-state index contributed by atoms with van der Waals surface area (Å²) in [6.07, 6.45) is 0. The lowest BCUT2D eigenvalue weighted by Gasteiger charge is -2.23. The summed E-state index contributed by atoms with van der Waals surface area (Å²) in [6, 6.07) is 22.5. The molecule has 0 aliphatic heterocycles. The first-order valence-corrected chi connectivity index (χ1v) is 8.24. The van der Waals surface area contributed by atoms with Crippen molar-refractivity contribution in [3.05, 3.63) is 60.7 Å². The maximum Gasteiger partial charge on any atom is 0.113 e. The maximum absolute atomic E-state index is 3.37. The van der Waals surface area contributed by atoms with E-state index in [1.54, 1.807) is 0 Å². The second kappa shape index (κ2) is 4.03. The Balaban J connectivity index is 2.44. The van der Waals surface area contributed by atoms with E-state index in [0.717, 1.165) is 0 Å². The lowest BCUT2D eigenvalue weighted by molar-refractivity contribution is 1.66. The van der Waals surface area contributed by atoms with Crippen LogP contribution in [0, 0.1) is 6.07 Å². The minimum atomic E-state index is -1.51. The zero-order valence-corrected chi connectivity index (χ0v) is 10.2. The lowest BCUT2D eigenvalue weighted by atomic mass is 10.4. The molecule has 0 heterocycles. The van der Waals surface area contributed by atoms with Crippen LogP contribution in [0.2, 0.25) is 13.1 Å². The Morgan fingerprint density at radius 3 is 2.13 bits per heavy atom. The highest BCUT2D eigenvalue weighted by molar-refractivity contribution is 7.00. The molecule has 75 valence electrons. The topological polar surface area (TPSA) is 0 Å². The van der Waals surface area contributed by atoms with Gasteiger partial charge in [0.2, 0.25) is 0 Å². The van der Waals surface area contributed by atoms with Gasteiger partial charge in [0, 0.05) is 0 Å². The minimum Gasteiger partial charge on any atom is -0.0626 e. The summed E-state index contributed by atoms with van der Waals surface area (Å²) in [5.41, 5.74) is 0. The van der Waals surface area contributed by atoms with Crippen molar-refractivity contribution in [2.45, 2.75) is 13.1 Å². The first-order chi connectivity index (χ1) is 7.21. The summed E-state index contributed by atoms with van der Waals surface area (Å²) in [5, 5.41) is 2.84. The standard InChI is InChI=1S/C14H15Si/c1-15(2,13-9-5-3-6-10-13)14-11-7-4-8-12-14/h3-11H,1-2H3. The quantitative estimate of drug-likeness (QED) is 0.669. The maximum atomic E-state index is 3.37. The van der Waals surface area contributed by atoms with E-state index >= 15 is 0 Å². The smallest absolute Gasteiger partial charge is 0.0626 e. The highest BCUT2D eigenvalue weighted by atomic mass is 28.3. The van der Waals surface area contributed by atoms with Crippen LogP contribution in [-0.4, -0.2) is 8.07 Å². The number of hydrogen-bond acceptors (Lipinski definition) is 0. The Bertz CT molecular complexity index is 376. The molecule has 0 spiro atoms. The van der Waals surface area contributed by atoms with Gasteiger partial charge in [0.1, 0.15) is 8.07 Å². The van der Waals surface area contributed by atoms with Gasteiger partial charge in [-0.3, -0.25) is 0 Å². The molecule has 0 aliphatic carbocycles. The predicted molar refractivity (Wildman–Crippen MR) is 68.5 cm³/mol. The number of rotatable bonds is 2. The molecule has 0 bridgehead atoms. The van der Waals surface area contributed by atoms with Gasteiger partial charge in [0.05, 0.1) is 0 Å². The molecule has 0 aliphatic rings. The summed E-state index contributed by atoms with van der Waals surface area (Å²) in [6.45, 7) is 4.74. The molecule has 0 N–H and O–H groups in total. The van der Waals surface area contributed by atoms with Crippen molar-refractivity contribution in [3.63, 3.8) is 0 Å². The van der Waals surface area contributed by atoms with Crippen molar-refractivity contribution in [2.75, 3.05) is 0 Å². The lowest BCUT2D eigenvalue weighted by Crippen LogP contribution is -2.52. The SMILES string of the molecule is C[Si](C)(c1[c]cccc1)c1ccccc1. The summed E-state index contributed by atoms with van der Waals surface area (Å²) in [5.74, 6) is 0. The average Bonchev–Trinajstić information content (AvgIpc) is 2.31. The van der Waals surface area contributed by atoms with Crippen molar-refractivity contribution in [3.8, 4) is 0 Å². The van der Waals surface area contributed by atoms with Gasteiger partial charge < -0.3 is 0 Å². The number of hydrogen-bond donors (Lipinski definition) is 0. The van der Waals surface area contributed by atoms with Crippen LogP contribution in [-0.2, 0) is 0 Å². The Labute approximate surface area is 92.6 Å². The molecule has 0 unspecified atom stereocenters. The van der Waals surface area contributed by atoms with Gasteiger partial charge in [-0.05, 0) is 11.3 Å². The Kier molecular flexibility index (Phi) is 2.74. The van der Waals surface area contributed by atoms with Gasteiger partial charge >= 0.3 is 0 Å². The van der Waals surface area contributed by atoms with E-state index in [-0.39, 0.29) is 0 Å². The molecular formula is C14H15Si. The Morgan fingerprint density at radius 1 is 0.867 bits per heavy atom. The summed E-state index contributed by atoms with van der Waals surface area (Å²) >= 11 is 0. The largest absolute Gasteiger partial charge is 0.113 e. The molecular weight excluding hydrogens is 196 g/mol. The first-order valence-electron chi connectivity index (χ1n) is 5.24. The molecule has 2 aromatic rings. The van der Waals surface area contributed by atoms with E-state index in [0.29, 0.717) is 0 Å². The molecule has 15 heavy (non-hydrogen) atoms. The highest BCUT2D eigenvalue weighted by Gasteiger charge is 2.25. The van der Waals surface area contributed by atoms with Gasteiger partial charge in [-0.25, -0.2) is 0 Å². The van der Waals surface area contributed by atoms with E-state index in [9.17, 15) is 0 Å². The van der Waals surface area contributed by atoms with Gasteiger partial charge in [-0.15, -0.1) is 0 Å². The second-order valence-electron chi connectivity index (χ2n) is 4.27. The molecule has 0 fully saturated rings.